The van der Waals surface area contributed by atoms with Gasteiger partial charge in [-0.1, -0.05) is 32.0 Å². The van der Waals surface area contributed by atoms with Crippen molar-refractivity contribution < 1.29 is 4.92 Å². The van der Waals surface area contributed by atoms with Crippen LogP contribution in [-0.4, -0.2) is 11.5 Å². The van der Waals surface area contributed by atoms with E-state index in [0.29, 0.717) is 6.42 Å². The molecule has 0 aliphatic rings. The number of hydrogen-bond acceptors (Lipinski definition) is 2. The fourth-order valence-corrected chi connectivity index (χ4v) is 1.92. The quantitative estimate of drug-likeness (QED) is 0.550. The summed E-state index contributed by atoms with van der Waals surface area (Å²) in [6.07, 6.45) is 2.50. The van der Waals surface area contributed by atoms with Gasteiger partial charge in [-0.25, -0.2) is 0 Å². The van der Waals surface area contributed by atoms with Crippen LogP contribution < -0.4 is 0 Å². The van der Waals surface area contributed by atoms with Crippen molar-refractivity contribution in [2.24, 2.45) is 0 Å². The lowest BCUT2D eigenvalue weighted by atomic mass is 9.95. The summed E-state index contributed by atoms with van der Waals surface area (Å²) in [4.78, 5) is 10.1. The molecule has 0 aliphatic heterocycles. The smallest absolute Gasteiger partial charge is 0.207 e. The Bertz CT molecular complexity index is 347. The van der Waals surface area contributed by atoms with Crippen molar-refractivity contribution in [3.63, 3.8) is 0 Å². The summed E-state index contributed by atoms with van der Waals surface area (Å²) in [5.74, 6) is 0. The molecule has 0 atom stereocenters. The molecule has 15 heavy (non-hydrogen) atoms. The molecule has 0 bridgehead atoms. The molecular weight excluding hydrogens is 190 g/mol. The molecule has 1 rings (SSSR count). The second kappa shape index (κ2) is 5.49. The van der Waals surface area contributed by atoms with Gasteiger partial charge >= 0.3 is 0 Å². The standard InChI is InChI=1S/C12H17NO2/c1-3-10-6-5-7-11(12(10)4-2)8-9-13(14)15/h5-7H,3-4,8-9H2,1-2H3. The Morgan fingerprint density at radius 3 is 2.40 bits per heavy atom. The summed E-state index contributed by atoms with van der Waals surface area (Å²) in [6.45, 7) is 4.25. The second-order valence-electron chi connectivity index (χ2n) is 3.57. The summed E-state index contributed by atoms with van der Waals surface area (Å²) in [6, 6.07) is 6.10. The Labute approximate surface area is 90.3 Å². The Hall–Kier alpha value is -1.38. The zero-order valence-electron chi connectivity index (χ0n) is 9.32. The molecule has 0 saturated heterocycles. The predicted molar refractivity (Wildman–Crippen MR) is 60.8 cm³/mol. The highest BCUT2D eigenvalue weighted by molar-refractivity contribution is 5.35. The summed E-state index contributed by atoms with van der Waals surface area (Å²) < 4.78 is 0. The van der Waals surface area contributed by atoms with Gasteiger partial charge in [0.15, 0.2) is 0 Å². The molecule has 0 amide bonds. The molecule has 3 nitrogen and oxygen atoms in total. The Morgan fingerprint density at radius 1 is 1.20 bits per heavy atom. The minimum atomic E-state index is -0.252. The maximum absolute atomic E-state index is 10.3. The average molecular weight is 207 g/mol. The first-order valence-electron chi connectivity index (χ1n) is 5.40. The van der Waals surface area contributed by atoms with Crippen molar-refractivity contribution in [2.45, 2.75) is 33.1 Å². The van der Waals surface area contributed by atoms with Gasteiger partial charge in [-0.3, -0.25) is 10.1 Å². The molecule has 82 valence electrons. The first kappa shape index (κ1) is 11.7. The van der Waals surface area contributed by atoms with Crippen LogP contribution in [0.4, 0.5) is 0 Å². The molecule has 0 unspecified atom stereocenters. The maximum atomic E-state index is 10.3. The highest BCUT2D eigenvalue weighted by atomic mass is 16.6. The zero-order valence-corrected chi connectivity index (χ0v) is 9.32. The van der Waals surface area contributed by atoms with Crippen molar-refractivity contribution >= 4 is 0 Å². The highest BCUT2D eigenvalue weighted by Crippen LogP contribution is 2.17. The van der Waals surface area contributed by atoms with Gasteiger partial charge in [0.2, 0.25) is 6.54 Å². The van der Waals surface area contributed by atoms with Gasteiger partial charge in [-0.2, -0.15) is 0 Å². The van der Waals surface area contributed by atoms with E-state index in [0.717, 1.165) is 18.4 Å². The van der Waals surface area contributed by atoms with E-state index in [9.17, 15) is 10.1 Å². The molecule has 0 saturated carbocycles. The Morgan fingerprint density at radius 2 is 1.87 bits per heavy atom. The number of nitrogens with zero attached hydrogens (tertiary/aromatic N) is 1. The summed E-state index contributed by atoms with van der Waals surface area (Å²) >= 11 is 0. The second-order valence-corrected chi connectivity index (χ2v) is 3.57. The van der Waals surface area contributed by atoms with E-state index in [-0.39, 0.29) is 11.5 Å². The van der Waals surface area contributed by atoms with Crippen LogP contribution in [0, 0.1) is 10.1 Å². The van der Waals surface area contributed by atoms with E-state index < -0.39 is 0 Å². The third-order valence-electron chi connectivity index (χ3n) is 2.67. The fourth-order valence-electron chi connectivity index (χ4n) is 1.92. The summed E-state index contributed by atoms with van der Waals surface area (Å²) in [5, 5.41) is 10.3. The van der Waals surface area contributed by atoms with Crippen LogP contribution >= 0.6 is 0 Å². The van der Waals surface area contributed by atoms with Gasteiger partial charge in [0.05, 0.1) is 0 Å². The Kier molecular flexibility index (Phi) is 4.28. The fraction of sp³-hybridized carbons (Fsp3) is 0.500. The van der Waals surface area contributed by atoms with Crippen molar-refractivity contribution in [2.75, 3.05) is 6.54 Å². The lowest BCUT2D eigenvalue weighted by molar-refractivity contribution is -0.479. The van der Waals surface area contributed by atoms with E-state index in [4.69, 9.17) is 0 Å². The maximum Gasteiger partial charge on any atom is 0.207 e. The van der Waals surface area contributed by atoms with E-state index in [2.05, 4.69) is 19.9 Å². The SMILES string of the molecule is CCc1cccc(CC[N+](=O)[O-])c1CC. The van der Waals surface area contributed by atoms with Crippen molar-refractivity contribution in [1.29, 1.82) is 0 Å². The van der Waals surface area contributed by atoms with Crippen molar-refractivity contribution in [3.8, 4) is 0 Å². The molecule has 0 heterocycles. The van der Waals surface area contributed by atoms with Crippen LogP contribution in [0.2, 0.25) is 0 Å². The zero-order chi connectivity index (χ0) is 11.3. The van der Waals surface area contributed by atoms with Crippen LogP contribution in [0.1, 0.15) is 30.5 Å². The predicted octanol–water partition coefficient (Wildman–Crippen LogP) is 2.63. The van der Waals surface area contributed by atoms with E-state index >= 15 is 0 Å². The van der Waals surface area contributed by atoms with Gasteiger partial charge in [0.25, 0.3) is 0 Å². The Balaban J connectivity index is 2.90. The van der Waals surface area contributed by atoms with Gasteiger partial charge < -0.3 is 0 Å². The van der Waals surface area contributed by atoms with E-state index in [1.54, 1.807) is 0 Å². The van der Waals surface area contributed by atoms with Gasteiger partial charge in [-0.05, 0) is 29.5 Å². The lowest BCUT2D eigenvalue weighted by Crippen LogP contribution is -2.07. The summed E-state index contributed by atoms with van der Waals surface area (Å²) in [7, 11) is 0. The minimum absolute atomic E-state index is 0.0279. The number of benzene rings is 1. The summed E-state index contributed by atoms with van der Waals surface area (Å²) in [5.41, 5.74) is 3.74. The average Bonchev–Trinajstić information content (AvgIpc) is 2.25. The number of aryl methyl sites for hydroxylation is 1. The number of rotatable bonds is 5. The number of nitro groups is 1. The first-order valence-corrected chi connectivity index (χ1v) is 5.40. The van der Waals surface area contributed by atoms with Crippen LogP contribution in [-0.2, 0) is 19.3 Å². The molecule has 0 aromatic heterocycles. The molecule has 0 aliphatic carbocycles. The number of hydrogen-bond donors (Lipinski definition) is 0. The minimum Gasteiger partial charge on any atom is -0.265 e. The largest absolute Gasteiger partial charge is 0.265 e. The molecule has 0 radical (unpaired) electrons. The van der Waals surface area contributed by atoms with Crippen LogP contribution in [0.25, 0.3) is 0 Å². The molecule has 0 spiro atoms. The van der Waals surface area contributed by atoms with Crippen molar-refractivity contribution in [1.82, 2.24) is 0 Å². The lowest BCUT2D eigenvalue weighted by Gasteiger charge is -2.10. The monoisotopic (exact) mass is 207 g/mol. The van der Waals surface area contributed by atoms with Crippen molar-refractivity contribution in [3.05, 3.63) is 45.0 Å². The molecule has 0 fully saturated rings. The third-order valence-corrected chi connectivity index (χ3v) is 2.67. The van der Waals surface area contributed by atoms with Gasteiger partial charge in [-0.15, -0.1) is 0 Å². The first-order chi connectivity index (χ1) is 7.19. The molecule has 1 aromatic carbocycles. The van der Waals surface area contributed by atoms with Gasteiger partial charge in [0, 0.05) is 11.3 Å². The van der Waals surface area contributed by atoms with E-state index in [1.807, 2.05) is 12.1 Å². The third kappa shape index (κ3) is 3.05. The molecule has 0 N–H and O–H groups in total. The molecule has 3 heteroatoms. The van der Waals surface area contributed by atoms with Crippen LogP contribution in [0.15, 0.2) is 18.2 Å². The van der Waals surface area contributed by atoms with E-state index in [1.165, 1.54) is 11.1 Å². The van der Waals surface area contributed by atoms with Gasteiger partial charge in [0.1, 0.15) is 0 Å². The normalized spacial score (nSPS) is 10.3. The van der Waals surface area contributed by atoms with Crippen LogP contribution in [0.3, 0.4) is 0 Å². The molecule has 1 aromatic rings. The topological polar surface area (TPSA) is 43.1 Å². The molecular formula is C12H17NO2. The van der Waals surface area contributed by atoms with Crippen LogP contribution in [0.5, 0.6) is 0 Å². The highest BCUT2D eigenvalue weighted by Gasteiger charge is 2.07.